The van der Waals surface area contributed by atoms with E-state index in [0.717, 1.165) is 28.2 Å². The van der Waals surface area contributed by atoms with Crippen LogP contribution in [0.2, 0.25) is 0 Å². The molecule has 0 fully saturated rings. The van der Waals surface area contributed by atoms with Gasteiger partial charge in [0.25, 0.3) is 0 Å². The van der Waals surface area contributed by atoms with E-state index in [9.17, 15) is 0 Å². The second-order valence-corrected chi connectivity index (χ2v) is 4.86. The van der Waals surface area contributed by atoms with Crippen molar-refractivity contribution in [1.29, 1.82) is 0 Å². The quantitative estimate of drug-likeness (QED) is 0.885. The minimum absolute atomic E-state index is 0.120. The molecule has 0 saturated heterocycles. The van der Waals surface area contributed by atoms with Crippen LogP contribution in [0.25, 0.3) is 0 Å². The van der Waals surface area contributed by atoms with Crippen molar-refractivity contribution in [2.45, 2.75) is 19.9 Å². The molecular formula is C13H16BrN5. The first-order valence-electron chi connectivity index (χ1n) is 6.13. The molecule has 0 saturated carbocycles. The van der Waals surface area contributed by atoms with Crippen LogP contribution in [0.15, 0.2) is 35.3 Å². The van der Waals surface area contributed by atoms with Crippen LogP contribution < -0.4 is 10.6 Å². The molecule has 1 unspecified atom stereocenters. The Kier molecular flexibility index (Phi) is 4.68. The van der Waals surface area contributed by atoms with Gasteiger partial charge in [-0.05, 0) is 41.4 Å². The maximum atomic E-state index is 4.26. The number of aromatic nitrogens is 3. The van der Waals surface area contributed by atoms with Gasteiger partial charge in [-0.2, -0.15) is 0 Å². The highest BCUT2D eigenvalue weighted by molar-refractivity contribution is 9.10. The Morgan fingerprint density at radius 1 is 1.32 bits per heavy atom. The van der Waals surface area contributed by atoms with Crippen molar-refractivity contribution in [2.24, 2.45) is 0 Å². The summed E-state index contributed by atoms with van der Waals surface area (Å²) >= 11 is 3.52. The van der Waals surface area contributed by atoms with E-state index in [0.29, 0.717) is 0 Å². The molecule has 6 heteroatoms. The van der Waals surface area contributed by atoms with Crippen molar-refractivity contribution in [2.75, 3.05) is 17.2 Å². The summed E-state index contributed by atoms with van der Waals surface area (Å²) < 4.78 is 0.840. The Hall–Kier alpha value is -1.69. The standard InChI is InChI=1S/C13H16BrN5/c1-3-16-12-11(14)13(18-8-17-12)19-9(2)10-5-4-6-15-7-10/h4-9H,3H2,1-2H3,(H2,16,17,18,19). The normalized spacial score (nSPS) is 11.9. The molecule has 0 bridgehead atoms. The molecule has 0 spiro atoms. The average Bonchev–Trinajstić information content (AvgIpc) is 2.44. The van der Waals surface area contributed by atoms with Crippen molar-refractivity contribution in [1.82, 2.24) is 15.0 Å². The zero-order chi connectivity index (χ0) is 13.7. The topological polar surface area (TPSA) is 62.7 Å². The second-order valence-electron chi connectivity index (χ2n) is 4.07. The van der Waals surface area contributed by atoms with Crippen molar-refractivity contribution in [3.05, 3.63) is 40.9 Å². The van der Waals surface area contributed by atoms with Gasteiger partial charge in [0.15, 0.2) is 0 Å². The molecule has 2 aromatic rings. The summed E-state index contributed by atoms with van der Waals surface area (Å²) in [6.07, 6.45) is 5.15. The van der Waals surface area contributed by atoms with Gasteiger partial charge in [0.05, 0.1) is 6.04 Å². The fourth-order valence-electron chi connectivity index (χ4n) is 1.68. The monoisotopic (exact) mass is 321 g/mol. The smallest absolute Gasteiger partial charge is 0.146 e. The van der Waals surface area contributed by atoms with Crippen LogP contribution in [0.4, 0.5) is 11.6 Å². The highest BCUT2D eigenvalue weighted by Crippen LogP contribution is 2.29. The Morgan fingerprint density at radius 2 is 2.11 bits per heavy atom. The van der Waals surface area contributed by atoms with Crippen molar-refractivity contribution in [3.8, 4) is 0 Å². The van der Waals surface area contributed by atoms with E-state index in [1.165, 1.54) is 0 Å². The predicted molar refractivity (Wildman–Crippen MR) is 80.2 cm³/mol. The highest BCUT2D eigenvalue weighted by Gasteiger charge is 2.11. The van der Waals surface area contributed by atoms with Gasteiger partial charge in [-0.15, -0.1) is 0 Å². The molecule has 2 aromatic heterocycles. The number of pyridine rings is 1. The number of nitrogens with one attached hydrogen (secondary N) is 2. The molecule has 0 aliphatic heterocycles. The molecule has 2 rings (SSSR count). The van der Waals surface area contributed by atoms with Gasteiger partial charge in [-0.3, -0.25) is 4.98 Å². The molecule has 100 valence electrons. The zero-order valence-electron chi connectivity index (χ0n) is 10.9. The van der Waals surface area contributed by atoms with Crippen LogP contribution in [0.3, 0.4) is 0 Å². The van der Waals surface area contributed by atoms with Crippen molar-refractivity contribution in [3.63, 3.8) is 0 Å². The third kappa shape index (κ3) is 3.41. The van der Waals surface area contributed by atoms with Crippen molar-refractivity contribution < 1.29 is 0 Å². The first kappa shape index (κ1) is 13.7. The highest BCUT2D eigenvalue weighted by atomic mass is 79.9. The van der Waals surface area contributed by atoms with E-state index in [-0.39, 0.29) is 6.04 Å². The van der Waals surface area contributed by atoms with E-state index in [2.05, 4.69) is 48.4 Å². The number of rotatable bonds is 5. The fourth-order valence-corrected chi connectivity index (χ4v) is 2.14. The van der Waals surface area contributed by atoms with Crippen LogP contribution in [0.1, 0.15) is 25.5 Å². The largest absolute Gasteiger partial charge is 0.369 e. The van der Waals surface area contributed by atoms with Gasteiger partial charge < -0.3 is 10.6 Å². The summed E-state index contributed by atoms with van der Waals surface area (Å²) in [7, 11) is 0. The SMILES string of the molecule is CCNc1ncnc(NC(C)c2cccnc2)c1Br. The summed E-state index contributed by atoms with van der Waals surface area (Å²) in [6, 6.07) is 4.08. The van der Waals surface area contributed by atoms with E-state index in [1.54, 1.807) is 12.5 Å². The number of hydrogen-bond acceptors (Lipinski definition) is 5. The van der Waals surface area contributed by atoms with Crippen LogP contribution in [-0.2, 0) is 0 Å². The summed E-state index contributed by atoms with van der Waals surface area (Å²) in [5, 5.41) is 6.53. The van der Waals surface area contributed by atoms with Gasteiger partial charge in [0.2, 0.25) is 0 Å². The molecular weight excluding hydrogens is 306 g/mol. The molecule has 0 amide bonds. The van der Waals surface area contributed by atoms with E-state index in [1.807, 2.05) is 25.3 Å². The van der Waals surface area contributed by atoms with Gasteiger partial charge in [-0.25, -0.2) is 9.97 Å². The van der Waals surface area contributed by atoms with Crippen LogP contribution in [-0.4, -0.2) is 21.5 Å². The number of hydrogen-bond donors (Lipinski definition) is 2. The van der Waals surface area contributed by atoms with Crippen LogP contribution in [0.5, 0.6) is 0 Å². The lowest BCUT2D eigenvalue weighted by atomic mass is 10.1. The predicted octanol–water partition coefficient (Wildman–Crippen LogP) is 3.24. The minimum atomic E-state index is 0.120. The van der Waals surface area contributed by atoms with Gasteiger partial charge in [0, 0.05) is 18.9 Å². The number of anilines is 2. The fraction of sp³-hybridized carbons (Fsp3) is 0.308. The summed E-state index contributed by atoms with van der Waals surface area (Å²) in [5.41, 5.74) is 1.11. The number of nitrogens with zero attached hydrogens (tertiary/aromatic N) is 3. The van der Waals surface area contributed by atoms with E-state index < -0.39 is 0 Å². The molecule has 2 N–H and O–H groups in total. The third-order valence-electron chi connectivity index (χ3n) is 2.67. The summed E-state index contributed by atoms with van der Waals surface area (Å²) in [5.74, 6) is 1.56. The van der Waals surface area contributed by atoms with E-state index >= 15 is 0 Å². The first-order chi connectivity index (χ1) is 9.22. The van der Waals surface area contributed by atoms with Gasteiger partial charge in [-0.1, -0.05) is 6.07 Å². The Labute approximate surface area is 121 Å². The van der Waals surface area contributed by atoms with Gasteiger partial charge in [0.1, 0.15) is 22.4 Å². The molecule has 0 radical (unpaired) electrons. The Balaban J connectivity index is 2.17. The zero-order valence-corrected chi connectivity index (χ0v) is 12.5. The summed E-state index contributed by atoms with van der Waals surface area (Å²) in [4.78, 5) is 12.6. The number of halogens is 1. The Bertz CT molecular complexity index is 532. The van der Waals surface area contributed by atoms with Crippen LogP contribution in [0, 0.1) is 0 Å². The molecule has 19 heavy (non-hydrogen) atoms. The van der Waals surface area contributed by atoms with E-state index in [4.69, 9.17) is 0 Å². The molecule has 0 aliphatic rings. The lowest BCUT2D eigenvalue weighted by Gasteiger charge is -2.16. The first-order valence-corrected chi connectivity index (χ1v) is 6.92. The molecule has 2 heterocycles. The maximum Gasteiger partial charge on any atom is 0.146 e. The molecule has 0 aromatic carbocycles. The van der Waals surface area contributed by atoms with Crippen LogP contribution >= 0.6 is 15.9 Å². The summed E-state index contributed by atoms with van der Waals surface area (Å²) in [6.45, 7) is 4.91. The maximum absolute atomic E-state index is 4.26. The minimum Gasteiger partial charge on any atom is -0.369 e. The average molecular weight is 322 g/mol. The molecule has 0 aliphatic carbocycles. The lowest BCUT2D eigenvalue weighted by Crippen LogP contribution is -2.10. The second kappa shape index (κ2) is 6.47. The third-order valence-corrected chi connectivity index (χ3v) is 3.42. The molecule has 5 nitrogen and oxygen atoms in total. The molecule has 1 atom stereocenters. The van der Waals surface area contributed by atoms with Crippen molar-refractivity contribution >= 4 is 27.6 Å². The lowest BCUT2D eigenvalue weighted by molar-refractivity contribution is 0.862. The Morgan fingerprint density at radius 3 is 2.79 bits per heavy atom. The van der Waals surface area contributed by atoms with Gasteiger partial charge >= 0.3 is 0 Å².